The number of rotatable bonds is 6. The molecule has 1 aromatic carbocycles. The van der Waals surface area contributed by atoms with Crippen molar-refractivity contribution < 1.29 is 4.79 Å². The largest absolute Gasteiger partial charge is 0.397 e. The molecule has 0 spiro atoms. The molecule has 3 aromatic rings. The number of hydrogen-bond donors (Lipinski definition) is 1. The number of nitrogens with zero attached hydrogens (tertiary/aromatic N) is 4. The van der Waals surface area contributed by atoms with Gasteiger partial charge in [-0.25, -0.2) is 9.67 Å². The van der Waals surface area contributed by atoms with Crippen LogP contribution in [0.3, 0.4) is 0 Å². The van der Waals surface area contributed by atoms with Crippen molar-refractivity contribution in [1.82, 2.24) is 19.7 Å². The molecule has 3 heterocycles. The lowest BCUT2D eigenvalue weighted by Crippen LogP contribution is -2.50. The van der Waals surface area contributed by atoms with Crippen molar-refractivity contribution in [3.63, 3.8) is 0 Å². The number of nitrogens with two attached hydrogens (primary N) is 1. The molecule has 4 rings (SSSR count). The predicted molar refractivity (Wildman–Crippen MR) is 99.7 cm³/mol. The van der Waals surface area contributed by atoms with E-state index in [1.807, 2.05) is 30.5 Å². The first kappa shape index (κ1) is 16.5. The fourth-order valence-corrected chi connectivity index (χ4v) is 3.23. The fraction of sp³-hybridized carbons (Fsp3) is 0.250. The molecule has 0 atom stereocenters. The maximum absolute atomic E-state index is 12.6. The van der Waals surface area contributed by atoms with Crippen molar-refractivity contribution in [3.8, 4) is 5.82 Å². The number of hydrogen-bond acceptors (Lipinski definition) is 5. The summed E-state index contributed by atoms with van der Waals surface area (Å²) in [6, 6.07) is 15.7. The molecule has 0 radical (unpaired) electrons. The molecule has 0 saturated carbocycles. The first-order chi connectivity index (χ1) is 12.7. The van der Waals surface area contributed by atoms with Crippen LogP contribution >= 0.6 is 0 Å². The van der Waals surface area contributed by atoms with Gasteiger partial charge in [0.1, 0.15) is 5.78 Å². The van der Waals surface area contributed by atoms with Crippen LogP contribution in [-0.2, 0) is 17.8 Å². The third-order valence-corrected chi connectivity index (χ3v) is 4.74. The highest BCUT2D eigenvalue weighted by molar-refractivity contribution is 5.85. The zero-order valence-corrected chi connectivity index (χ0v) is 14.5. The Bertz CT molecular complexity index is 886. The Balaban J connectivity index is 1.36. The normalized spacial score (nSPS) is 14.9. The predicted octanol–water partition coefficient (Wildman–Crippen LogP) is 2.09. The van der Waals surface area contributed by atoms with E-state index in [9.17, 15) is 4.79 Å². The van der Waals surface area contributed by atoms with Gasteiger partial charge < -0.3 is 5.73 Å². The monoisotopic (exact) mass is 347 g/mol. The molecular formula is C20H21N5O. The molecule has 132 valence electrons. The standard InChI is InChI=1S/C20H21N5O/c21-17-7-8-20(25-10-4-9-22-25)23-18(17)11-19(26)16-13-24(14-16)12-15-5-2-1-3-6-15/h1-10,16H,11-14,21H2. The van der Waals surface area contributed by atoms with Gasteiger partial charge >= 0.3 is 0 Å². The first-order valence-corrected chi connectivity index (χ1v) is 8.73. The zero-order chi connectivity index (χ0) is 17.9. The van der Waals surface area contributed by atoms with E-state index in [0.29, 0.717) is 17.2 Å². The second-order valence-electron chi connectivity index (χ2n) is 6.68. The molecular weight excluding hydrogens is 326 g/mol. The van der Waals surface area contributed by atoms with E-state index in [1.165, 1.54) is 5.56 Å². The Morgan fingerprint density at radius 1 is 1.12 bits per heavy atom. The van der Waals surface area contributed by atoms with Crippen molar-refractivity contribution in [2.75, 3.05) is 18.8 Å². The topological polar surface area (TPSA) is 77.0 Å². The van der Waals surface area contributed by atoms with Crippen LogP contribution in [0.4, 0.5) is 5.69 Å². The van der Waals surface area contributed by atoms with Crippen LogP contribution in [0.25, 0.3) is 5.82 Å². The Morgan fingerprint density at radius 3 is 2.65 bits per heavy atom. The Morgan fingerprint density at radius 2 is 1.92 bits per heavy atom. The summed E-state index contributed by atoms with van der Waals surface area (Å²) in [6.07, 6.45) is 3.78. The number of ketones is 1. The quantitative estimate of drug-likeness (QED) is 0.739. The molecule has 2 N–H and O–H groups in total. The van der Waals surface area contributed by atoms with Crippen molar-refractivity contribution in [2.45, 2.75) is 13.0 Å². The summed E-state index contributed by atoms with van der Waals surface area (Å²) in [6.45, 7) is 2.48. The second kappa shape index (κ2) is 7.09. The summed E-state index contributed by atoms with van der Waals surface area (Å²) in [5.41, 5.74) is 8.48. The van der Waals surface area contributed by atoms with Crippen LogP contribution in [0.2, 0.25) is 0 Å². The Labute approximate surface area is 152 Å². The molecule has 1 aliphatic heterocycles. The molecule has 1 fully saturated rings. The summed E-state index contributed by atoms with van der Waals surface area (Å²) in [5.74, 6) is 0.936. The van der Waals surface area contributed by atoms with Crippen LogP contribution in [0.15, 0.2) is 60.9 Å². The maximum atomic E-state index is 12.6. The highest BCUT2D eigenvalue weighted by Gasteiger charge is 2.32. The summed E-state index contributed by atoms with van der Waals surface area (Å²) in [5, 5.41) is 4.17. The van der Waals surface area contributed by atoms with Crippen molar-refractivity contribution in [3.05, 3.63) is 72.2 Å². The maximum Gasteiger partial charge on any atom is 0.153 e. The lowest BCUT2D eigenvalue weighted by molar-refractivity contribution is -0.127. The van der Waals surface area contributed by atoms with Crippen LogP contribution in [-0.4, -0.2) is 38.5 Å². The summed E-state index contributed by atoms with van der Waals surface area (Å²) in [7, 11) is 0. The van der Waals surface area contributed by atoms with Gasteiger partial charge in [0.15, 0.2) is 5.82 Å². The molecule has 2 aromatic heterocycles. The number of carbonyl (C=O) groups is 1. The molecule has 1 aliphatic rings. The van der Waals surface area contributed by atoms with E-state index in [1.54, 1.807) is 23.0 Å². The first-order valence-electron chi connectivity index (χ1n) is 8.73. The lowest BCUT2D eigenvalue weighted by Gasteiger charge is -2.38. The molecule has 0 bridgehead atoms. The van der Waals surface area contributed by atoms with E-state index in [4.69, 9.17) is 5.73 Å². The van der Waals surface area contributed by atoms with Gasteiger partial charge in [-0.15, -0.1) is 0 Å². The molecule has 0 aliphatic carbocycles. The smallest absolute Gasteiger partial charge is 0.153 e. The number of pyridine rings is 1. The number of aromatic nitrogens is 3. The number of likely N-dealkylation sites (tertiary alicyclic amines) is 1. The van der Waals surface area contributed by atoms with Crippen molar-refractivity contribution >= 4 is 11.5 Å². The number of nitrogen functional groups attached to an aromatic ring is 1. The highest BCUT2D eigenvalue weighted by Crippen LogP contribution is 2.22. The minimum Gasteiger partial charge on any atom is -0.397 e. The number of anilines is 1. The third kappa shape index (κ3) is 3.50. The van der Waals surface area contributed by atoms with Crippen LogP contribution < -0.4 is 5.73 Å². The van der Waals surface area contributed by atoms with Gasteiger partial charge in [-0.2, -0.15) is 5.10 Å². The minimum absolute atomic E-state index is 0.0632. The lowest BCUT2D eigenvalue weighted by atomic mass is 9.91. The second-order valence-corrected chi connectivity index (χ2v) is 6.68. The Hall–Kier alpha value is -2.99. The van der Waals surface area contributed by atoms with Gasteiger partial charge in [-0.05, 0) is 23.8 Å². The summed E-state index contributed by atoms with van der Waals surface area (Å²) >= 11 is 0. The van der Waals surface area contributed by atoms with Crippen LogP contribution in [0.5, 0.6) is 0 Å². The van der Waals surface area contributed by atoms with E-state index in [2.05, 4.69) is 27.1 Å². The van der Waals surface area contributed by atoms with E-state index in [0.717, 1.165) is 19.6 Å². The van der Waals surface area contributed by atoms with E-state index in [-0.39, 0.29) is 18.1 Å². The van der Waals surface area contributed by atoms with Crippen LogP contribution in [0.1, 0.15) is 11.3 Å². The van der Waals surface area contributed by atoms with Crippen molar-refractivity contribution in [1.29, 1.82) is 0 Å². The average Bonchev–Trinajstić information content (AvgIpc) is 3.15. The Kier molecular flexibility index (Phi) is 4.50. The van der Waals surface area contributed by atoms with Gasteiger partial charge in [-0.3, -0.25) is 9.69 Å². The van der Waals surface area contributed by atoms with Gasteiger partial charge in [0, 0.05) is 37.9 Å². The van der Waals surface area contributed by atoms with Crippen molar-refractivity contribution in [2.24, 2.45) is 5.92 Å². The summed E-state index contributed by atoms with van der Waals surface area (Å²) in [4.78, 5) is 19.4. The summed E-state index contributed by atoms with van der Waals surface area (Å²) < 4.78 is 1.67. The van der Waals surface area contributed by atoms with E-state index >= 15 is 0 Å². The third-order valence-electron chi connectivity index (χ3n) is 4.74. The molecule has 1 saturated heterocycles. The molecule has 0 amide bonds. The number of benzene rings is 1. The molecule has 0 unspecified atom stereocenters. The SMILES string of the molecule is Nc1ccc(-n2cccn2)nc1CC(=O)C1CN(Cc2ccccc2)C1. The number of Topliss-reactive ketones (excluding diaryl/α,β-unsaturated/α-hetero) is 1. The molecule has 6 heteroatoms. The van der Waals surface area contributed by atoms with Gasteiger partial charge in [-0.1, -0.05) is 30.3 Å². The fourth-order valence-electron chi connectivity index (χ4n) is 3.23. The van der Waals surface area contributed by atoms with E-state index < -0.39 is 0 Å². The van der Waals surface area contributed by atoms with Gasteiger partial charge in [0.2, 0.25) is 0 Å². The zero-order valence-electron chi connectivity index (χ0n) is 14.5. The molecule has 26 heavy (non-hydrogen) atoms. The molecule has 6 nitrogen and oxygen atoms in total. The van der Waals surface area contributed by atoms with Crippen LogP contribution in [0, 0.1) is 5.92 Å². The van der Waals surface area contributed by atoms with Gasteiger partial charge in [0.25, 0.3) is 0 Å². The average molecular weight is 347 g/mol. The minimum atomic E-state index is 0.0632. The van der Waals surface area contributed by atoms with Gasteiger partial charge in [0.05, 0.1) is 17.8 Å². The number of carbonyl (C=O) groups excluding carboxylic acids is 1. The highest BCUT2D eigenvalue weighted by atomic mass is 16.1.